The second-order valence-corrected chi connectivity index (χ2v) is 17.4. The van der Waals surface area contributed by atoms with E-state index >= 15 is 0 Å². The predicted octanol–water partition coefficient (Wildman–Crippen LogP) is 11.6. The van der Waals surface area contributed by atoms with E-state index in [2.05, 4.69) is 150 Å². The van der Waals surface area contributed by atoms with Crippen LogP contribution in [0.2, 0.25) is 0 Å². The van der Waals surface area contributed by atoms with Crippen molar-refractivity contribution < 1.29 is 8.83 Å². The SMILES string of the molecule is Cc1ncncc1-c1cc(-c2ccc3c(c2)oc2ccccc23)cc2oc3nc(C4=C=C=c5ncn(-c6cccc7c8c(n(-c9ccccc9)c67)CCC=C8)c5=C4)cc(-c4cncnc4C)c3c12. The summed E-state index contributed by atoms with van der Waals surface area (Å²) >= 11 is 0. The number of allylic oxidation sites excluding steroid dienone is 2. The van der Waals surface area contributed by atoms with Gasteiger partial charge < -0.3 is 13.4 Å². The van der Waals surface area contributed by atoms with Gasteiger partial charge in [-0.2, -0.15) is 0 Å². The van der Waals surface area contributed by atoms with Crippen LogP contribution in [-0.4, -0.2) is 39.0 Å². The lowest BCUT2D eigenvalue weighted by Gasteiger charge is -2.15. The van der Waals surface area contributed by atoms with Crippen molar-refractivity contribution in [2.45, 2.75) is 26.7 Å². The minimum Gasteiger partial charge on any atom is -0.456 e. The van der Waals surface area contributed by atoms with Gasteiger partial charge in [-0.05, 0) is 110 Å². The second kappa shape index (κ2) is 14.7. The Hall–Kier alpha value is -9.20. The minimum absolute atomic E-state index is 0.461. The summed E-state index contributed by atoms with van der Waals surface area (Å²) in [5.41, 5.74) is 23.9. The van der Waals surface area contributed by atoms with Crippen molar-refractivity contribution in [3.8, 4) is 44.8 Å². The summed E-state index contributed by atoms with van der Waals surface area (Å²) in [6.45, 7) is 4.00. The topological polar surface area (TPSA) is 113 Å². The number of aryl methyl sites for hydroxylation is 2. The lowest BCUT2D eigenvalue weighted by atomic mass is 9.92. The number of furan rings is 2. The van der Waals surface area contributed by atoms with E-state index in [4.69, 9.17) is 18.8 Å². The van der Waals surface area contributed by atoms with Crippen LogP contribution in [0.5, 0.6) is 0 Å². The molecule has 5 aromatic carbocycles. The molecule has 0 atom stereocenters. The molecule has 2 aliphatic carbocycles. The minimum atomic E-state index is 0.461. The predicted molar refractivity (Wildman–Crippen MR) is 268 cm³/mol. The molecular formula is C58H36N8O2. The van der Waals surface area contributed by atoms with E-state index in [1.54, 1.807) is 12.7 Å². The van der Waals surface area contributed by atoms with Crippen molar-refractivity contribution in [1.82, 2.24) is 39.0 Å². The van der Waals surface area contributed by atoms with E-state index in [1.165, 1.54) is 16.6 Å². The highest BCUT2D eigenvalue weighted by Crippen LogP contribution is 2.45. The van der Waals surface area contributed by atoms with E-state index in [0.717, 1.165) is 118 Å². The first-order valence-electron chi connectivity index (χ1n) is 22.6. The van der Waals surface area contributed by atoms with Crippen molar-refractivity contribution in [2.75, 3.05) is 0 Å². The van der Waals surface area contributed by atoms with Gasteiger partial charge in [-0.15, -0.1) is 0 Å². The van der Waals surface area contributed by atoms with Gasteiger partial charge in [0.25, 0.3) is 0 Å². The average molecular weight is 877 g/mol. The monoisotopic (exact) mass is 876 g/mol. The summed E-state index contributed by atoms with van der Waals surface area (Å²) in [6, 6.07) is 38.0. The maximum Gasteiger partial charge on any atom is 0.228 e. The molecule has 0 saturated carbocycles. The molecule has 0 N–H and O–H groups in total. The molecule has 7 heterocycles. The van der Waals surface area contributed by atoms with Crippen LogP contribution in [-0.2, 0) is 6.42 Å². The van der Waals surface area contributed by atoms with Gasteiger partial charge >= 0.3 is 0 Å². The fraction of sp³-hybridized carbons (Fsp3) is 0.0690. The van der Waals surface area contributed by atoms with Crippen molar-refractivity contribution in [3.05, 3.63) is 191 Å². The van der Waals surface area contributed by atoms with Gasteiger partial charge in [0.15, 0.2) is 0 Å². The summed E-state index contributed by atoms with van der Waals surface area (Å²) in [5.74, 6) is 0. The van der Waals surface area contributed by atoms with E-state index in [1.807, 2.05) is 50.8 Å². The Morgan fingerprint density at radius 2 is 1.40 bits per heavy atom. The Kier molecular flexibility index (Phi) is 8.21. The molecule has 0 fully saturated rings. The maximum atomic E-state index is 6.96. The lowest BCUT2D eigenvalue weighted by molar-refractivity contribution is 0.654. The average Bonchev–Trinajstić information content (AvgIpc) is 4.16. The van der Waals surface area contributed by atoms with Crippen LogP contribution in [0.1, 0.15) is 34.8 Å². The summed E-state index contributed by atoms with van der Waals surface area (Å²) in [6.07, 6.45) is 17.4. The number of pyridine rings is 1. The first-order valence-corrected chi connectivity index (χ1v) is 22.6. The summed E-state index contributed by atoms with van der Waals surface area (Å²) in [5, 5.41) is 6.64. The van der Waals surface area contributed by atoms with Crippen LogP contribution in [0, 0.1) is 13.8 Å². The summed E-state index contributed by atoms with van der Waals surface area (Å²) < 4.78 is 17.9. The van der Waals surface area contributed by atoms with E-state index in [0.29, 0.717) is 22.3 Å². The van der Waals surface area contributed by atoms with Gasteiger partial charge in [0, 0.05) is 79.0 Å². The molecule has 320 valence electrons. The maximum absolute atomic E-state index is 6.96. The molecule has 12 aromatic rings. The Labute approximate surface area is 387 Å². The van der Waals surface area contributed by atoms with Gasteiger partial charge in [-0.1, -0.05) is 72.5 Å². The van der Waals surface area contributed by atoms with E-state index < -0.39 is 0 Å². The van der Waals surface area contributed by atoms with Crippen LogP contribution in [0.3, 0.4) is 0 Å². The molecule has 2 aliphatic rings. The van der Waals surface area contributed by atoms with Crippen LogP contribution in [0.25, 0.3) is 123 Å². The molecule has 10 heteroatoms. The number of fused-ring (bicyclic) bond motifs is 10. The van der Waals surface area contributed by atoms with Crippen LogP contribution in [0.15, 0.2) is 161 Å². The Morgan fingerprint density at radius 1 is 0.632 bits per heavy atom. The quantitative estimate of drug-likeness (QED) is 0.152. The molecular weight excluding hydrogens is 841 g/mol. The smallest absolute Gasteiger partial charge is 0.228 e. The number of nitrogens with zero attached hydrogens (tertiary/aromatic N) is 8. The Balaban J connectivity index is 0.991. The highest BCUT2D eigenvalue weighted by atomic mass is 16.3. The lowest BCUT2D eigenvalue weighted by Crippen LogP contribution is -2.30. The van der Waals surface area contributed by atoms with Gasteiger partial charge in [-0.25, -0.2) is 29.9 Å². The fourth-order valence-electron chi connectivity index (χ4n) is 10.4. The van der Waals surface area contributed by atoms with Crippen LogP contribution in [0.4, 0.5) is 0 Å². The first kappa shape index (κ1) is 38.1. The third kappa shape index (κ3) is 5.72. The largest absolute Gasteiger partial charge is 0.456 e. The molecule has 68 heavy (non-hydrogen) atoms. The zero-order chi connectivity index (χ0) is 45.0. The number of benzene rings is 5. The number of rotatable bonds is 6. The fourth-order valence-corrected chi connectivity index (χ4v) is 10.4. The van der Waals surface area contributed by atoms with Gasteiger partial charge in [0.1, 0.15) is 41.1 Å². The number of hydrogen-bond acceptors (Lipinski definition) is 8. The highest BCUT2D eigenvalue weighted by molar-refractivity contribution is 6.19. The molecule has 0 bridgehead atoms. The standard InChI is InChI=1S/C58H36N8O2/c1-33-45(28-59-30-61-33)43-23-37(35-19-21-41-40-14-7-9-18-52(40)67-53(41)25-35)26-54-55(43)56-44(46-29-60-31-62-34(46)2)27-48(64-58(56)68-54)36-20-22-47-51(24-36)65(32-63-47)50-17-10-15-42-39-13-6-8-16-49(39)66(57(42)50)38-11-4-3-5-12-38/h3-7,9-15,17-19,21,23-32H,8,16H2,1-2H3. The molecule has 0 radical (unpaired) electrons. The van der Waals surface area contributed by atoms with E-state index in [9.17, 15) is 0 Å². The zero-order valence-electron chi connectivity index (χ0n) is 36.8. The summed E-state index contributed by atoms with van der Waals surface area (Å²) in [4.78, 5) is 28.5. The molecule has 10 nitrogen and oxygen atoms in total. The Morgan fingerprint density at radius 3 is 2.24 bits per heavy atom. The van der Waals surface area contributed by atoms with Crippen molar-refractivity contribution >= 4 is 78.4 Å². The first-order chi connectivity index (χ1) is 33.5. The number of para-hydroxylation sites is 3. The number of imidazole rings is 1. The summed E-state index contributed by atoms with van der Waals surface area (Å²) in [7, 11) is 0. The molecule has 14 rings (SSSR count). The van der Waals surface area contributed by atoms with Crippen molar-refractivity contribution in [1.29, 1.82) is 0 Å². The molecule has 0 spiro atoms. The molecule has 0 unspecified atom stereocenters. The van der Waals surface area contributed by atoms with Crippen molar-refractivity contribution in [3.63, 3.8) is 0 Å². The molecule has 7 aromatic heterocycles. The molecule has 0 amide bonds. The zero-order valence-corrected chi connectivity index (χ0v) is 36.8. The van der Waals surface area contributed by atoms with Gasteiger partial charge in [0.2, 0.25) is 5.71 Å². The highest BCUT2D eigenvalue weighted by Gasteiger charge is 2.25. The molecule has 0 aliphatic heterocycles. The molecule has 0 saturated heterocycles. The third-order valence-corrected chi connectivity index (χ3v) is 13.6. The second-order valence-electron chi connectivity index (χ2n) is 17.4. The van der Waals surface area contributed by atoms with Gasteiger partial charge in [0.05, 0.1) is 33.2 Å². The third-order valence-electron chi connectivity index (χ3n) is 13.6. The van der Waals surface area contributed by atoms with E-state index in [-0.39, 0.29) is 0 Å². The number of hydrogen-bond donors (Lipinski definition) is 0. The van der Waals surface area contributed by atoms with Gasteiger partial charge in [-0.3, -0.25) is 4.57 Å². The normalized spacial score (nSPS) is 13.1. The van der Waals surface area contributed by atoms with Crippen molar-refractivity contribution in [2.24, 2.45) is 0 Å². The number of aromatic nitrogens is 8. The van der Waals surface area contributed by atoms with Crippen LogP contribution < -0.4 is 10.7 Å². The Bertz CT molecular complexity index is 4380. The van der Waals surface area contributed by atoms with Crippen LogP contribution >= 0.6 is 0 Å².